The second-order valence-electron chi connectivity index (χ2n) is 25.7. The molecule has 0 amide bonds. The predicted octanol–water partition coefficient (Wildman–Crippen LogP) is 23.8. The lowest BCUT2D eigenvalue weighted by Gasteiger charge is -2.61. The van der Waals surface area contributed by atoms with E-state index in [4.69, 9.17) is 8.83 Å². The van der Waals surface area contributed by atoms with Gasteiger partial charge in [-0.15, -0.1) is 22.7 Å². The summed E-state index contributed by atoms with van der Waals surface area (Å²) in [4.78, 5) is 5.10. The lowest BCUT2D eigenvalue weighted by Crippen LogP contribution is -2.55. The number of nitrogens with zero attached hydrogens (tertiary/aromatic N) is 2. The second kappa shape index (κ2) is 17.5. The van der Waals surface area contributed by atoms with Gasteiger partial charge in [-0.2, -0.15) is 0 Å². The van der Waals surface area contributed by atoms with Crippen molar-refractivity contribution in [2.75, 3.05) is 9.80 Å². The summed E-state index contributed by atoms with van der Waals surface area (Å²) >= 11 is 3.96. The minimum absolute atomic E-state index is 0.0983. The number of thiophene rings is 2. The van der Waals surface area contributed by atoms with E-state index in [1.807, 2.05) is 22.7 Å². The number of aryl methyl sites for hydroxylation is 2. The molecule has 4 saturated carbocycles. The van der Waals surface area contributed by atoms with E-state index < -0.39 is 0 Å². The maximum Gasteiger partial charge on any atom is 0.136 e. The van der Waals surface area contributed by atoms with Crippen molar-refractivity contribution < 1.29 is 8.83 Å². The number of para-hydroxylation sites is 4. The van der Waals surface area contributed by atoms with E-state index in [9.17, 15) is 0 Å². The van der Waals surface area contributed by atoms with E-state index in [1.54, 1.807) is 11.1 Å². The Morgan fingerprint density at radius 3 is 1.57 bits per heavy atom. The molecular formula is C80H56N2O2S2. The van der Waals surface area contributed by atoms with Gasteiger partial charge in [0.05, 0.1) is 10.4 Å². The first-order valence-corrected chi connectivity index (χ1v) is 32.4. The van der Waals surface area contributed by atoms with Gasteiger partial charge in [-0.05, 0) is 234 Å². The Morgan fingerprint density at radius 1 is 0.372 bits per heavy atom. The fraction of sp³-hybridized carbons (Fsp3) is 0.150. The van der Waals surface area contributed by atoms with Crippen LogP contribution in [0.25, 0.3) is 117 Å². The second-order valence-corrected chi connectivity index (χ2v) is 27.8. The molecule has 12 aromatic carbocycles. The molecule has 86 heavy (non-hydrogen) atoms. The van der Waals surface area contributed by atoms with Gasteiger partial charge in [0.15, 0.2) is 0 Å². The van der Waals surface area contributed by atoms with Crippen LogP contribution in [0.2, 0.25) is 0 Å². The third-order valence-electron chi connectivity index (χ3n) is 21.2. The third-order valence-corrected chi connectivity index (χ3v) is 23.5. The van der Waals surface area contributed by atoms with Gasteiger partial charge < -0.3 is 18.6 Å². The lowest BCUT2D eigenvalue weighted by molar-refractivity contribution is -0.0398. The summed E-state index contributed by atoms with van der Waals surface area (Å²) in [6.07, 6.45) is 6.66. The molecule has 0 aliphatic heterocycles. The van der Waals surface area contributed by atoms with Crippen molar-refractivity contribution in [2.24, 2.45) is 23.7 Å². The zero-order valence-corrected chi connectivity index (χ0v) is 49.3. The molecule has 1 spiro atoms. The van der Waals surface area contributed by atoms with Crippen molar-refractivity contribution >= 4 is 163 Å². The van der Waals surface area contributed by atoms with Crippen molar-refractivity contribution in [3.63, 3.8) is 0 Å². The Balaban J connectivity index is 0.804. The molecule has 0 atom stereocenters. The van der Waals surface area contributed by atoms with Gasteiger partial charge in [-0.25, -0.2) is 0 Å². The monoisotopic (exact) mass is 1140 g/mol. The van der Waals surface area contributed by atoms with Crippen molar-refractivity contribution in [1.82, 2.24) is 0 Å². The molecule has 6 heteroatoms. The topological polar surface area (TPSA) is 32.8 Å². The van der Waals surface area contributed by atoms with Crippen molar-refractivity contribution in [3.8, 4) is 11.1 Å². The maximum atomic E-state index is 6.54. The van der Waals surface area contributed by atoms with E-state index in [2.05, 4.69) is 242 Å². The molecule has 0 saturated heterocycles. The van der Waals surface area contributed by atoms with Crippen LogP contribution in [0, 0.1) is 37.5 Å². The molecule has 0 radical (unpaired) electrons. The minimum Gasteiger partial charge on any atom is -0.456 e. The van der Waals surface area contributed by atoms with E-state index in [0.29, 0.717) is 11.8 Å². The molecule has 0 N–H and O–H groups in total. The quantitative estimate of drug-likeness (QED) is 0.166. The summed E-state index contributed by atoms with van der Waals surface area (Å²) in [5.74, 6) is 2.80. The Morgan fingerprint density at radius 2 is 0.919 bits per heavy atom. The molecule has 0 unspecified atom stereocenters. The Labute approximate surface area is 504 Å². The van der Waals surface area contributed by atoms with Crippen LogP contribution in [0.3, 0.4) is 0 Å². The number of rotatable bonds is 6. The summed E-state index contributed by atoms with van der Waals surface area (Å²) in [6, 6.07) is 82.6. The van der Waals surface area contributed by atoms with E-state index in [0.717, 1.165) is 78.2 Å². The molecule has 4 fully saturated rings. The number of furan rings is 2. The van der Waals surface area contributed by atoms with Gasteiger partial charge in [0.2, 0.25) is 0 Å². The molecule has 4 bridgehead atoms. The minimum atomic E-state index is -0.0983. The van der Waals surface area contributed by atoms with Gasteiger partial charge in [0.1, 0.15) is 22.3 Å². The zero-order chi connectivity index (χ0) is 56.3. The number of benzene rings is 12. The Hall–Kier alpha value is -9.20. The van der Waals surface area contributed by atoms with Crippen LogP contribution >= 0.6 is 22.7 Å². The highest BCUT2D eigenvalue weighted by atomic mass is 32.1. The van der Waals surface area contributed by atoms with Gasteiger partial charge >= 0.3 is 0 Å². The first-order valence-electron chi connectivity index (χ1n) is 30.8. The summed E-state index contributed by atoms with van der Waals surface area (Å²) in [6.45, 7) is 4.52. The molecule has 410 valence electrons. The van der Waals surface area contributed by atoms with Crippen LogP contribution in [-0.2, 0) is 5.41 Å². The molecule has 16 aromatic rings. The van der Waals surface area contributed by atoms with E-state index >= 15 is 0 Å². The highest BCUT2D eigenvalue weighted by molar-refractivity contribution is 7.26. The van der Waals surface area contributed by atoms with Crippen LogP contribution in [-0.4, -0.2) is 0 Å². The normalized spacial score (nSPS) is 19.6. The molecule has 5 aliphatic rings. The van der Waals surface area contributed by atoms with Crippen molar-refractivity contribution in [2.45, 2.75) is 51.4 Å². The van der Waals surface area contributed by atoms with Crippen molar-refractivity contribution in [1.29, 1.82) is 0 Å². The average Bonchev–Trinajstić information content (AvgIpc) is 1.48. The summed E-state index contributed by atoms with van der Waals surface area (Å²) in [5, 5.41) is 14.8. The molecule has 4 aromatic heterocycles. The van der Waals surface area contributed by atoms with Crippen molar-refractivity contribution in [3.05, 3.63) is 241 Å². The predicted molar refractivity (Wildman–Crippen MR) is 364 cm³/mol. The maximum absolute atomic E-state index is 6.54. The fourth-order valence-electron chi connectivity index (χ4n) is 17.8. The van der Waals surface area contributed by atoms with Crippen LogP contribution in [0.1, 0.15) is 54.4 Å². The molecule has 4 nitrogen and oxygen atoms in total. The molecule has 21 rings (SSSR count). The number of anilines is 6. The van der Waals surface area contributed by atoms with Gasteiger partial charge in [-0.3, -0.25) is 0 Å². The highest BCUT2D eigenvalue weighted by Crippen LogP contribution is 2.72. The summed E-state index contributed by atoms with van der Waals surface area (Å²) < 4.78 is 18.4. The average molecular weight is 1140 g/mol. The Kier molecular flexibility index (Phi) is 9.77. The smallest absolute Gasteiger partial charge is 0.136 e. The lowest BCUT2D eigenvalue weighted by atomic mass is 9.43. The van der Waals surface area contributed by atoms with Gasteiger partial charge in [-0.1, -0.05) is 109 Å². The third kappa shape index (κ3) is 6.58. The number of hydrogen-bond donors (Lipinski definition) is 0. The molecule has 5 aliphatic carbocycles. The van der Waals surface area contributed by atoms with Crippen LogP contribution in [0.15, 0.2) is 227 Å². The largest absolute Gasteiger partial charge is 0.456 e. The summed E-state index contributed by atoms with van der Waals surface area (Å²) in [5.41, 5.74) is 19.3. The first-order chi connectivity index (χ1) is 42.4. The van der Waals surface area contributed by atoms with Gasteiger partial charge in [0, 0.05) is 91.0 Å². The van der Waals surface area contributed by atoms with Crippen LogP contribution in [0.4, 0.5) is 34.1 Å². The first kappa shape index (κ1) is 48.1. The number of hydrogen-bond acceptors (Lipinski definition) is 6. The summed E-state index contributed by atoms with van der Waals surface area (Å²) in [7, 11) is 0. The van der Waals surface area contributed by atoms with E-state index in [1.165, 1.54) is 128 Å². The standard InChI is InChI=1S/C80H56N2O2S2/c1-44-13-3-8-18-67(44)81(54-25-23-48-36-61-57-15-5-10-20-70(57)83-72(61)38-50(48)34-54)56-27-28-59-63-41-64-65(43-76(63)85-75(59)40-56)80(52-30-46-29-47(32-52)33-53(80)31-46)66-42-69(79-78(77(64)66)60-17-7-12-22-74(60)86-79)82(68-19-9-4-14-45(68)2)55-26-24-49-37-62-58-16-6-11-21-71(58)84-73(62)39-51(49)35-55/h3-28,34-43,46-47,52-53H,29-33H2,1-2H3. The fourth-order valence-corrected chi connectivity index (χ4v) is 20.1. The van der Waals surface area contributed by atoms with Gasteiger partial charge in [0.25, 0.3) is 0 Å². The molecule has 4 heterocycles. The van der Waals surface area contributed by atoms with Crippen LogP contribution in [0.5, 0.6) is 0 Å². The zero-order valence-electron chi connectivity index (χ0n) is 47.7. The molecular weight excluding hydrogens is 1090 g/mol. The highest BCUT2D eigenvalue weighted by Gasteiger charge is 2.62. The number of fused-ring (bicyclic) bond motifs is 18. The Bertz CT molecular complexity index is 5610. The van der Waals surface area contributed by atoms with E-state index in [-0.39, 0.29) is 5.41 Å². The SMILES string of the molecule is Cc1ccccc1N(c1ccc2cc3c(cc2c1)oc1ccccc13)c1ccc2c(c1)sc1cc3c(cc12)-c1c(cc(N(c2ccc4cc5c(cc4c2)oc2ccccc25)c2ccccc2C)c2sc4ccccc4c12)C31C2CC3CC(C2)CC1C3. The van der Waals surface area contributed by atoms with Crippen LogP contribution < -0.4 is 9.80 Å².